The molecule has 0 unspecified atom stereocenters. The number of carbonyl (C=O) groups is 1. The Morgan fingerprint density at radius 3 is 2.94 bits per heavy atom. The van der Waals surface area contributed by atoms with Crippen LogP contribution in [0.15, 0.2) is 22.7 Å². The molecule has 1 aromatic carbocycles. The van der Waals surface area contributed by atoms with Gasteiger partial charge >= 0.3 is 0 Å². The van der Waals surface area contributed by atoms with Crippen molar-refractivity contribution >= 4 is 17.9 Å². The molecular formula is C10H6ClFN2O2. The first-order valence-corrected chi connectivity index (χ1v) is 4.79. The Labute approximate surface area is 95.0 Å². The summed E-state index contributed by atoms with van der Waals surface area (Å²) >= 11 is 5.82. The van der Waals surface area contributed by atoms with Gasteiger partial charge in [0.15, 0.2) is 5.82 Å². The minimum Gasteiger partial charge on any atom is -0.331 e. The Morgan fingerprint density at radius 2 is 2.31 bits per heavy atom. The first-order valence-electron chi connectivity index (χ1n) is 4.41. The van der Waals surface area contributed by atoms with E-state index in [9.17, 15) is 9.18 Å². The summed E-state index contributed by atoms with van der Waals surface area (Å²) in [6.07, 6.45) is 0.516. The third-order valence-corrected chi connectivity index (χ3v) is 2.34. The van der Waals surface area contributed by atoms with Crippen LogP contribution < -0.4 is 0 Å². The van der Waals surface area contributed by atoms with Crippen LogP contribution in [0.25, 0.3) is 0 Å². The molecule has 0 radical (unpaired) electrons. The van der Waals surface area contributed by atoms with Crippen LogP contribution in [0.3, 0.4) is 0 Å². The van der Waals surface area contributed by atoms with Crippen LogP contribution in [0, 0.1) is 5.82 Å². The Hall–Kier alpha value is -1.75. The van der Waals surface area contributed by atoms with E-state index < -0.39 is 5.82 Å². The first-order chi connectivity index (χ1) is 7.70. The van der Waals surface area contributed by atoms with Crippen molar-refractivity contribution in [1.29, 1.82) is 0 Å². The van der Waals surface area contributed by atoms with E-state index in [1.54, 1.807) is 6.07 Å². The maximum atomic E-state index is 13.4. The number of hydrogen-bond acceptors (Lipinski definition) is 4. The summed E-state index contributed by atoms with van der Waals surface area (Å²) in [6, 6.07) is 4.37. The molecule has 1 heterocycles. The van der Waals surface area contributed by atoms with Gasteiger partial charge in [0.05, 0.1) is 0 Å². The molecule has 1 aromatic heterocycles. The number of rotatable bonds is 3. The molecule has 0 saturated heterocycles. The first kappa shape index (κ1) is 10.8. The molecule has 0 bridgehead atoms. The van der Waals surface area contributed by atoms with Crippen LogP contribution in [0.5, 0.6) is 0 Å². The molecule has 0 amide bonds. The highest BCUT2D eigenvalue weighted by atomic mass is 35.5. The van der Waals surface area contributed by atoms with Crippen LogP contribution in [-0.2, 0) is 6.42 Å². The molecule has 0 N–H and O–H groups in total. The summed E-state index contributed by atoms with van der Waals surface area (Å²) in [5, 5.41) is 3.81. The van der Waals surface area contributed by atoms with Gasteiger partial charge in [-0.3, -0.25) is 4.79 Å². The average molecular weight is 241 g/mol. The fourth-order valence-electron chi connectivity index (χ4n) is 1.25. The number of carbonyl (C=O) groups excluding carboxylic acids is 1. The van der Waals surface area contributed by atoms with Gasteiger partial charge < -0.3 is 4.52 Å². The van der Waals surface area contributed by atoms with Gasteiger partial charge in [0.1, 0.15) is 5.82 Å². The van der Waals surface area contributed by atoms with Crippen molar-refractivity contribution in [3.63, 3.8) is 0 Å². The molecule has 2 rings (SSSR count). The second kappa shape index (κ2) is 4.40. The lowest BCUT2D eigenvalue weighted by Crippen LogP contribution is -1.96. The SMILES string of the molecule is O=Cc1nc(Cc2c(F)cccc2Cl)no1. The third-order valence-electron chi connectivity index (χ3n) is 1.98. The largest absolute Gasteiger partial charge is 0.331 e. The van der Waals surface area contributed by atoms with Crippen molar-refractivity contribution in [3.8, 4) is 0 Å². The van der Waals surface area contributed by atoms with E-state index in [0.29, 0.717) is 6.29 Å². The van der Waals surface area contributed by atoms with Crippen molar-refractivity contribution in [2.24, 2.45) is 0 Å². The van der Waals surface area contributed by atoms with Gasteiger partial charge in [-0.05, 0) is 12.1 Å². The predicted molar refractivity (Wildman–Crippen MR) is 53.9 cm³/mol. The predicted octanol–water partition coefficient (Wildman–Crippen LogP) is 2.27. The fraction of sp³-hybridized carbons (Fsp3) is 0.100. The monoisotopic (exact) mass is 240 g/mol. The van der Waals surface area contributed by atoms with Gasteiger partial charge in [-0.25, -0.2) is 4.39 Å². The Balaban J connectivity index is 2.29. The number of nitrogens with zero attached hydrogens (tertiary/aromatic N) is 2. The van der Waals surface area contributed by atoms with Crippen LogP contribution in [0.4, 0.5) is 4.39 Å². The highest BCUT2D eigenvalue weighted by Gasteiger charge is 2.12. The minimum absolute atomic E-state index is 0.0862. The lowest BCUT2D eigenvalue weighted by atomic mass is 10.1. The van der Waals surface area contributed by atoms with Crippen molar-refractivity contribution < 1.29 is 13.7 Å². The summed E-state index contributed by atoms with van der Waals surface area (Å²) in [4.78, 5) is 14.0. The summed E-state index contributed by atoms with van der Waals surface area (Å²) in [5.74, 6) is -0.360. The zero-order chi connectivity index (χ0) is 11.5. The smallest absolute Gasteiger partial charge is 0.290 e. The molecule has 0 spiro atoms. The standard InChI is InChI=1S/C10H6ClFN2O2/c11-7-2-1-3-8(12)6(7)4-9-13-10(5-15)16-14-9/h1-3,5H,4H2. The topological polar surface area (TPSA) is 56.0 Å². The Bertz CT molecular complexity index is 507. The molecule has 16 heavy (non-hydrogen) atoms. The summed E-state index contributed by atoms with van der Waals surface area (Å²) in [6.45, 7) is 0. The average Bonchev–Trinajstić information content (AvgIpc) is 2.71. The van der Waals surface area contributed by atoms with Gasteiger partial charge in [-0.15, -0.1) is 0 Å². The second-order valence-corrected chi connectivity index (χ2v) is 3.45. The van der Waals surface area contributed by atoms with E-state index in [1.165, 1.54) is 12.1 Å². The molecule has 4 nitrogen and oxygen atoms in total. The summed E-state index contributed by atoms with van der Waals surface area (Å²) in [5.41, 5.74) is 0.280. The van der Waals surface area contributed by atoms with Crippen molar-refractivity contribution in [2.75, 3.05) is 0 Å². The van der Waals surface area contributed by atoms with Gasteiger partial charge in [0, 0.05) is 17.0 Å². The molecular weight excluding hydrogens is 235 g/mol. The lowest BCUT2D eigenvalue weighted by molar-refractivity contribution is 0.108. The van der Waals surface area contributed by atoms with Crippen LogP contribution >= 0.6 is 11.6 Å². The number of halogens is 2. The van der Waals surface area contributed by atoms with E-state index >= 15 is 0 Å². The normalized spacial score (nSPS) is 10.4. The Morgan fingerprint density at radius 1 is 1.50 bits per heavy atom. The molecule has 82 valence electrons. The van der Waals surface area contributed by atoms with Gasteiger partial charge in [0.25, 0.3) is 5.89 Å². The van der Waals surface area contributed by atoms with Gasteiger partial charge in [-0.2, -0.15) is 4.98 Å². The highest BCUT2D eigenvalue weighted by molar-refractivity contribution is 6.31. The van der Waals surface area contributed by atoms with E-state index in [-0.39, 0.29) is 28.7 Å². The van der Waals surface area contributed by atoms with Crippen LogP contribution in [-0.4, -0.2) is 16.4 Å². The quantitative estimate of drug-likeness (QED) is 0.773. The number of benzene rings is 1. The number of aromatic nitrogens is 2. The molecule has 0 saturated carbocycles. The number of hydrogen-bond donors (Lipinski definition) is 0. The molecule has 0 aliphatic carbocycles. The molecule has 0 atom stereocenters. The second-order valence-electron chi connectivity index (χ2n) is 3.04. The highest BCUT2D eigenvalue weighted by Crippen LogP contribution is 2.21. The minimum atomic E-state index is -0.440. The van der Waals surface area contributed by atoms with Crippen molar-refractivity contribution in [3.05, 3.63) is 46.3 Å². The van der Waals surface area contributed by atoms with Crippen molar-refractivity contribution in [1.82, 2.24) is 10.1 Å². The van der Waals surface area contributed by atoms with E-state index in [1.807, 2.05) is 0 Å². The number of aldehydes is 1. The fourth-order valence-corrected chi connectivity index (χ4v) is 1.48. The van der Waals surface area contributed by atoms with Crippen molar-refractivity contribution in [2.45, 2.75) is 6.42 Å². The van der Waals surface area contributed by atoms with Gasteiger partial charge in [0.2, 0.25) is 6.29 Å². The maximum Gasteiger partial charge on any atom is 0.290 e. The maximum absolute atomic E-state index is 13.4. The van der Waals surface area contributed by atoms with E-state index in [0.717, 1.165) is 0 Å². The molecule has 0 aliphatic heterocycles. The zero-order valence-corrected chi connectivity index (χ0v) is 8.74. The Kier molecular flexibility index (Phi) is 2.96. The summed E-state index contributed by atoms with van der Waals surface area (Å²) < 4.78 is 18.0. The molecule has 0 aliphatic rings. The molecule has 0 fully saturated rings. The third kappa shape index (κ3) is 2.09. The molecule has 2 aromatic rings. The van der Waals surface area contributed by atoms with E-state index in [2.05, 4.69) is 14.7 Å². The van der Waals surface area contributed by atoms with Crippen LogP contribution in [0.1, 0.15) is 22.1 Å². The zero-order valence-electron chi connectivity index (χ0n) is 7.98. The van der Waals surface area contributed by atoms with Gasteiger partial charge in [-0.1, -0.05) is 22.8 Å². The summed E-state index contributed by atoms with van der Waals surface area (Å²) in [7, 11) is 0. The van der Waals surface area contributed by atoms with E-state index in [4.69, 9.17) is 11.6 Å². The lowest BCUT2D eigenvalue weighted by Gasteiger charge is -2.01. The van der Waals surface area contributed by atoms with Crippen LogP contribution in [0.2, 0.25) is 5.02 Å². The molecule has 6 heteroatoms.